The van der Waals surface area contributed by atoms with Gasteiger partial charge in [-0.1, -0.05) is 74.0 Å². The lowest BCUT2D eigenvalue weighted by molar-refractivity contribution is -0.145. The molecule has 31 heavy (non-hydrogen) atoms. The van der Waals surface area contributed by atoms with Gasteiger partial charge in [0.25, 0.3) is 0 Å². The molecule has 0 spiro atoms. The highest BCUT2D eigenvalue weighted by atomic mass is 35.5. The summed E-state index contributed by atoms with van der Waals surface area (Å²) in [6.07, 6.45) is -0.570. The zero-order chi connectivity index (χ0) is 22.8. The first-order chi connectivity index (χ1) is 14.8. The van der Waals surface area contributed by atoms with E-state index < -0.39 is 30.1 Å². The van der Waals surface area contributed by atoms with Gasteiger partial charge in [-0.2, -0.15) is 0 Å². The summed E-state index contributed by atoms with van der Waals surface area (Å²) in [5.74, 6) is -1.38. The molecule has 0 aromatic heterocycles. The number of benzene rings is 2. The molecule has 2 amide bonds. The third kappa shape index (κ3) is 7.61. The van der Waals surface area contributed by atoms with Crippen LogP contribution in [0.5, 0.6) is 0 Å². The van der Waals surface area contributed by atoms with Crippen molar-refractivity contribution in [1.29, 1.82) is 0 Å². The minimum atomic E-state index is -0.958. The van der Waals surface area contributed by atoms with Crippen molar-refractivity contribution < 1.29 is 23.9 Å². The first-order valence-electron chi connectivity index (χ1n) is 9.90. The smallest absolute Gasteiger partial charge is 0.408 e. The third-order valence-corrected chi connectivity index (χ3v) is 4.99. The van der Waals surface area contributed by atoms with Crippen LogP contribution in [0.3, 0.4) is 0 Å². The van der Waals surface area contributed by atoms with Crippen LogP contribution in [0.4, 0.5) is 4.79 Å². The molecule has 2 rings (SSSR count). The van der Waals surface area contributed by atoms with Crippen molar-refractivity contribution in [3.05, 3.63) is 70.7 Å². The minimum absolute atomic E-state index is 0.0798. The lowest BCUT2D eigenvalue weighted by atomic mass is 10.0. The second-order valence-electron chi connectivity index (χ2n) is 7.31. The summed E-state index contributed by atoms with van der Waals surface area (Å²) in [4.78, 5) is 37.3. The van der Waals surface area contributed by atoms with Crippen molar-refractivity contribution in [2.75, 3.05) is 7.11 Å². The Morgan fingerprint density at radius 3 is 2.23 bits per heavy atom. The third-order valence-electron chi connectivity index (χ3n) is 4.62. The maximum Gasteiger partial charge on any atom is 0.408 e. The largest absolute Gasteiger partial charge is 0.467 e. The maximum atomic E-state index is 12.9. The van der Waals surface area contributed by atoms with Crippen LogP contribution in [0.1, 0.15) is 25.0 Å². The molecule has 2 atom stereocenters. The van der Waals surface area contributed by atoms with E-state index in [2.05, 4.69) is 10.6 Å². The monoisotopic (exact) mass is 446 g/mol. The fourth-order valence-corrected chi connectivity index (χ4v) is 3.12. The molecule has 0 bridgehead atoms. The highest BCUT2D eigenvalue weighted by molar-refractivity contribution is 6.31. The number of esters is 1. The lowest BCUT2D eigenvalue weighted by Gasteiger charge is -2.24. The SMILES string of the molecule is COC(=O)[C@H](Cc1ccccc1Cl)NC(=O)[C@@H](NC(=O)OCc1ccccc1)C(C)C. The van der Waals surface area contributed by atoms with E-state index in [4.69, 9.17) is 21.1 Å². The predicted molar refractivity (Wildman–Crippen MR) is 117 cm³/mol. The molecule has 0 radical (unpaired) electrons. The second kappa shape index (κ2) is 12.0. The number of methoxy groups -OCH3 is 1. The molecule has 166 valence electrons. The summed E-state index contributed by atoms with van der Waals surface area (Å²) in [5, 5.41) is 5.71. The standard InChI is InChI=1S/C23H27ClN2O5/c1-15(2)20(26-23(29)31-14-16-9-5-4-6-10-16)21(27)25-19(22(28)30-3)13-17-11-7-8-12-18(17)24/h4-12,15,19-20H,13-14H2,1-3H3,(H,25,27)(H,26,29)/t19-,20-/m0/s1. The van der Waals surface area contributed by atoms with Crippen molar-refractivity contribution in [3.63, 3.8) is 0 Å². The molecule has 0 heterocycles. The Hall–Kier alpha value is -3.06. The number of ether oxygens (including phenoxy) is 2. The number of halogens is 1. The normalized spacial score (nSPS) is 12.5. The molecule has 0 aliphatic rings. The molecule has 2 aromatic rings. The minimum Gasteiger partial charge on any atom is -0.467 e. The van der Waals surface area contributed by atoms with Gasteiger partial charge in [0.1, 0.15) is 18.7 Å². The van der Waals surface area contributed by atoms with Crippen LogP contribution in [0, 0.1) is 5.92 Å². The van der Waals surface area contributed by atoms with E-state index in [1.54, 1.807) is 38.1 Å². The number of amides is 2. The molecule has 0 aliphatic carbocycles. The average molecular weight is 447 g/mol. The number of rotatable bonds is 9. The zero-order valence-electron chi connectivity index (χ0n) is 17.8. The van der Waals surface area contributed by atoms with E-state index in [9.17, 15) is 14.4 Å². The molecular formula is C23H27ClN2O5. The van der Waals surface area contributed by atoms with Crippen molar-refractivity contribution in [3.8, 4) is 0 Å². The van der Waals surface area contributed by atoms with E-state index in [-0.39, 0.29) is 18.9 Å². The first kappa shape index (κ1) is 24.2. The molecule has 7 nitrogen and oxygen atoms in total. The van der Waals surface area contributed by atoms with Crippen molar-refractivity contribution in [2.24, 2.45) is 5.92 Å². The summed E-state index contributed by atoms with van der Waals surface area (Å²) in [6.45, 7) is 3.64. The average Bonchev–Trinajstić information content (AvgIpc) is 2.76. The van der Waals surface area contributed by atoms with E-state index in [0.29, 0.717) is 10.6 Å². The van der Waals surface area contributed by atoms with E-state index >= 15 is 0 Å². The van der Waals surface area contributed by atoms with Crippen molar-refractivity contribution in [2.45, 2.75) is 39.0 Å². The highest BCUT2D eigenvalue weighted by Crippen LogP contribution is 2.17. The van der Waals surface area contributed by atoms with Gasteiger partial charge in [-0.25, -0.2) is 9.59 Å². The van der Waals surface area contributed by atoms with Crippen LogP contribution >= 0.6 is 11.6 Å². The second-order valence-corrected chi connectivity index (χ2v) is 7.71. The Labute approximate surface area is 187 Å². The molecule has 2 N–H and O–H groups in total. The zero-order valence-corrected chi connectivity index (χ0v) is 18.5. The van der Waals surface area contributed by atoms with Crippen LogP contribution in [-0.2, 0) is 32.1 Å². The van der Waals surface area contributed by atoms with Crippen LogP contribution < -0.4 is 10.6 Å². The molecule has 0 saturated carbocycles. The number of alkyl carbamates (subject to hydrolysis) is 1. The Morgan fingerprint density at radius 1 is 0.968 bits per heavy atom. The van der Waals surface area contributed by atoms with Gasteiger partial charge in [-0.15, -0.1) is 0 Å². The van der Waals surface area contributed by atoms with Gasteiger partial charge in [-0.3, -0.25) is 4.79 Å². The molecule has 8 heteroatoms. The molecule has 0 aliphatic heterocycles. The van der Waals surface area contributed by atoms with Gasteiger partial charge in [0, 0.05) is 11.4 Å². The van der Waals surface area contributed by atoms with Crippen LogP contribution in [0.15, 0.2) is 54.6 Å². The first-order valence-corrected chi connectivity index (χ1v) is 10.3. The van der Waals surface area contributed by atoms with Crippen LogP contribution in [-0.4, -0.2) is 37.2 Å². The Morgan fingerprint density at radius 2 is 1.61 bits per heavy atom. The molecule has 0 saturated heterocycles. The Kier molecular flexibility index (Phi) is 9.34. The van der Waals surface area contributed by atoms with E-state index in [0.717, 1.165) is 5.56 Å². The summed E-state index contributed by atoms with van der Waals surface area (Å²) in [7, 11) is 1.24. The van der Waals surface area contributed by atoms with Crippen LogP contribution in [0.2, 0.25) is 5.02 Å². The number of nitrogens with one attached hydrogen (secondary N) is 2. The summed E-state index contributed by atoms with van der Waals surface area (Å²) < 4.78 is 10.0. The fraction of sp³-hybridized carbons (Fsp3) is 0.348. The van der Waals surface area contributed by atoms with E-state index in [1.807, 2.05) is 30.3 Å². The van der Waals surface area contributed by atoms with Gasteiger partial charge in [-0.05, 0) is 23.1 Å². The summed E-state index contributed by atoms with van der Waals surface area (Å²) >= 11 is 6.18. The van der Waals surface area contributed by atoms with Gasteiger partial charge in [0.2, 0.25) is 5.91 Å². The predicted octanol–water partition coefficient (Wildman–Crippen LogP) is 3.49. The topological polar surface area (TPSA) is 93.7 Å². The van der Waals surface area contributed by atoms with Crippen molar-refractivity contribution >= 4 is 29.6 Å². The highest BCUT2D eigenvalue weighted by Gasteiger charge is 2.30. The molecule has 2 aromatic carbocycles. The fourth-order valence-electron chi connectivity index (χ4n) is 2.91. The number of hydrogen-bond acceptors (Lipinski definition) is 5. The van der Waals surface area contributed by atoms with E-state index in [1.165, 1.54) is 7.11 Å². The number of carbonyl (C=O) groups is 3. The van der Waals surface area contributed by atoms with Gasteiger partial charge in [0.15, 0.2) is 0 Å². The molecule has 0 fully saturated rings. The molecule has 0 unspecified atom stereocenters. The Balaban J connectivity index is 2.03. The van der Waals surface area contributed by atoms with Gasteiger partial charge < -0.3 is 20.1 Å². The van der Waals surface area contributed by atoms with Gasteiger partial charge in [0.05, 0.1) is 7.11 Å². The summed E-state index contributed by atoms with van der Waals surface area (Å²) in [5.41, 5.74) is 1.52. The summed E-state index contributed by atoms with van der Waals surface area (Å²) in [6, 6.07) is 14.4. The van der Waals surface area contributed by atoms with Crippen LogP contribution in [0.25, 0.3) is 0 Å². The quantitative estimate of drug-likeness (QED) is 0.575. The van der Waals surface area contributed by atoms with Crippen molar-refractivity contribution in [1.82, 2.24) is 10.6 Å². The lowest BCUT2D eigenvalue weighted by Crippen LogP contribution is -2.54. The Bertz CT molecular complexity index is 889. The molecular weight excluding hydrogens is 420 g/mol. The maximum absolute atomic E-state index is 12.9. The number of carbonyl (C=O) groups excluding carboxylic acids is 3. The number of hydrogen-bond donors (Lipinski definition) is 2. The van der Waals surface area contributed by atoms with Gasteiger partial charge >= 0.3 is 12.1 Å².